The molecular formula is C16H18N2O2S. The summed E-state index contributed by atoms with van der Waals surface area (Å²) in [6, 6.07) is 10.1. The van der Waals surface area contributed by atoms with E-state index in [1.807, 2.05) is 35.7 Å². The molecular weight excluding hydrogens is 284 g/mol. The standard InChI is InChI=1S/C16H18N2O2S/c19-15(8-12-6-7-20-10-12)17-9-16-18-14(11-21-16)13-4-2-1-3-5-13/h1-5,11-12H,6-10H2,(H,17,19)/t12-/m1/s1. The van der Waals surface area contributed by atoms with Gasteiger partial charge in [-0.25, -0.2) is 4.98 Å². The fourth-order valence-corrected chi connectivity index (χ4v) is 3.13. The van der Waals surface area contributed by atoms with Crippen LogP contribution in [-0.4, -0.2) is 24.1 Å². The van der Waals surface area contributed by atoms with Crippen LogP contribution in [-0.2, 0) is 16.1 Å². The van der Waals surface area contributed by atoms with E-state index in [1.165, 1.54) is 0 Å². The summed E-state index contributed by atoms with van der Waals surface area (Å²) in [5.74, 6) is 0.461. The van der Waals surface area contributed by atoms with Crippen molar-refractivity contribution in [1.82, 2.24) is 10.3 Å². The second-order valence-electron chi connectivity index (χ2n) is 5.20. The van der Waals surface area contributed by atoms with Gasteiger partial charge in [-0.1, -0.05) is 30.3 Å². The molecule has 1 aromatic heterocycles. The Morgan fingerprint density at radius 1 is 1.38 bits per heavy atom. The van der Waals surface area contributed by atoms with Crippen molar-refractivity contribution in [3.05, 3.63) is 40.7 Å². The van der Waals surface area contributed by atoms with Crippen molar-refractivity contribution >= 4 is 17.2 Å². The molecule has 2 heterocycles. The van der Waals surface area contributed by atoms with Crippen LogP contribution < -0.4 is 5.32 Å². The van der Waals surface area contributed by atoms with Gasteiger partial charge in [0.15, 0.2) is 0 Å². The number of nitrogens with zero attached hydrogens (tertiary/aromatic N) is 1. The number of ether oxygens (including phenoxy) is 1. The van der Waals surface area contributed by atoms with Crippen molar-refractivity contribution in [2.24, 2.45) is 5.92 Å². The third kappa shape index (κ3) is 3.89. The summed E-state index contributed by atoms with van der Waals surface area (Å²) in [5.41, 5.74) is 2.07. The molecule has 0 spiro atoms. The predicted molar refractivity (Wildman–Crippen MR) is 82.9 cm³/mol. The van der Waals surface area contributed by atoms with Crippen LogP contribution in [0, 0.1) is 5.92 Å². The molecule has 1 amide bonds. The van der Waals surface area contributed by atoms with E-state index in [-0.39, 0.29) is 5.91 Å². The fourth-order valence-electron chi connectivity index (χ4n) is 2.39. The topological polar surface area (TPSA) is 51.2 Å². The largest absolute Gasteiger partial charge is 0.381 e. The van der Waals surface area contributed by atoms with E-state index in [1.54, 1.807) is 11.3 Å². The lowest BCUT2D eigenvalue weighted by Crippen LogP contribution is -2.25. The molecule has 1 atom stereocenters. The molecule has 0 saturated carbocycles. The number of carbonyl (C=O) groups excluding carboxylic acids is 1. The fraction of sp³-hybridized carbons (Fsp3) is 0.375. The van der Waals surface area contributed by atoms with Gasteiger partial charge in [0.1, 0.15) is 5.01 Å². The Bertz CT molecular complexity index is 591. The minimum atomic E-state index is 0.0851. The predicted octanol–water partition coefficient (Wildman–Crippen LogP) is 2.85. The molecule has 0 unspecified atom stereocenters. The molecule has 1 saturated heterocycles. The summed E-state index contributed by atoms with van der Waals surface area (Å²) in [7, 11) is 0. The lowest BCUT2D eigenvalue weighted by Gasteiger charge is -2.07. The maximum Gasteiger partial charge on any atom is 0.220 e. The van der Waals surface area contributed by atoms with Gasteiger partial charge in [-0.2, -0.15) is 0 Å². The number of benzene rings is 1. The number of carbonyl (C=O) groups is 1. The van der Waals surface area contributed by atoms with Crippen molar-refractivity contribution in [3.63, 3.8) is 0 Å². The normalized spacial score (nSPS) is 17.8. The van der Waals surface area contributed by atoms with E-state index in [2.05, 4.69) is 10.3 Å². The van der Waals surface area contributed by atoms with E-state index in [0.29, 0.717) is 25.5 Å². The maximum atomic E-state index is 11.9. The average Bonchev–Trinajstić information content (AvgIpc) is 3.17. The van der Waals surface area contributed by atoms with Gasteiger partial charge < -0.3 is 10.1 Å². The Morgan fingerprint density at radius 3 is 3.00 bits per heavy atom. The highest BCUT2D eigenvalue weighted by Gasteiger charge is 2.19. The summed E-state index contributed by atoms with van der Waals surface area (Å²) in [5, 5.41) is 5.91. The molecule has 21 heavy (non-hydrogen) atoms. The first-order valence-electron chi connectivity index (χ1n) is 7.15. The third-order valence-electron chi connectivity index (χ3n) is 3.56. The van der Waals surface area contributed by atoms with E-state index < -0.39 is 0 Å². The Morgan fingerprint density at radius 2 is 2.24 bits per heavy atom. The zero-order valence-corrected chi connectivity index (χ0v) is 12.6. The molecule has 1 aromatic carbocycles. The first-order valence-corrected chi connectivity index (χ1v) is 8.03. The van der Waals surface area contributed by atoms with E-state index in [0.717, 1.165) is 29.3 Å². The molecule has 4 nitrogen and oxygen atoms in total. The average molecular weight is 302 g/mol. The quantitative estimate of drug-likeness (QED) is 0.924. The van der Waals surface area contributed by atoms with Gasteiger partial charge in [0, 0.05) is 30.6 Å². The highest BCUT2D eigenvalue weighted by molar-refractivity contribution is 7.09. The zero-order chi connectivity index (χ0) is 14.5. The summed E-state index contributed by atoms with van der Waals surface area (Å²) >= 11 is 1.58. The molecule has 1 fully saturated rings. The van der Waals surface area contributed by atoms with Crippen molar-refractivity contribution < 1.29 is 9.53 Å². The highest BCUT2D eigenvalue weighted by Crippen LogP contribution is 2.21. The van der Waals surface area contributed by atoms with E-state index in [9.17, 15) is 4.79 Å². The lowest BCUT2D eigenvalue weighted by atomic mass is 10.1. The monoisotopic (exact) mass is 302 g/mol. The molecule has 2 aromatic rings. The SMILES string of the molecule is O=C(C[C@H]1CCOC1)NCc1nc(-c2ccccc2)cs1. The van der Waals surface area contributed by atoms with Gasteiger partial charge in [0.2, 0.25) is 5.91 Å². The number of hydrogen-bond acceptors (Lipinski definition) is 4. The van der Waals surface area contributed by atoms with Crippen LogP contribution in [0.25, 0.3) is 11.3 Å². The smallest absolute Gasteiger partial charge is 0.220 e. The minimum absolute atomic E-state index is 0.0851. The van der Waals surface area contributed by atoms with Gasteiger partial charge in [0.05, 0.1) is 12.2 Å². The molecule has 110 valence electrons. The molecule has 1 aliphatic rings. The Balaban J connectivity index is 1.51. The summed E-state index contributed by atoms with van der Waals surface area (Å²) in [4.78, 5) is 16.4. The molecule has 1 aliphatic heterocycles. The van der Waals surface area contributed by atoms with Crippen molar-refractivity contribution in [1.29, 1.82) is 0 Å². The number of nitrogens with one attached hydrogen (secondary N) is 1. The van der Waals surface area contributed by atoms with Crippen LogP contribution >= 0.6 is 11.3 Å². The van der Waals surface area contributed by atoms with Crippen LogP contribution in [0.5, 0.6) is 0 Å². The first-order chi connectivity index (χ1) is 10.3. The maximum absolute atomic E-state index is 11.9. The van der Waals surface area contributed by atoms with Gasteiger partial charge in [-0.05, 0) is 12.3 Å². The molecule has 1 N–H and O–H groups in total. The Kier molecular flexibility index (Phi) is 4.62. The van der Waals surface area contributed by atoms with Crippen molar-refractivity contribution in [2.45, 2.75) is 19.4 Å². The molecule has 5 heteroatoms. The molecule has 0 bridgehead atoms. The van der Waals surface area contributed by atoms with Crippen LogP contribution in [0.4, 0.5) is 0 Å². The third-order valence-corrected chi connectivity index (χ3v) is 4.40. The second-order valence-corrected chi connectivity index (χ2v) is 6.15. The summed E-state index contributed by atoms with van der Waals surface area (Å²) in [6.45, 7) is 2.00. The minimum Gasteiger partial charge on any atom is -0.381 e. The first kappa shape index (κ1) is 14.2. The lowest BCUT2D eigenvalue weighted by molar-refractivity contribution is -0.122. The van der Waals surface area contributed by atoms with Crippen LogP contribution in [0.15, 0.2) is 35.7 Å². The molecule has 0 radical (unpaired) electrons. The van der Waals surface area contributed by atoms with Crippen LogP contribution in [0.3, 0.4) is 0 Å². The van der Waals surface area contributed by atoms with E-state index in [4.69, 9.17) is 4.74 Å². The number of aromatic nitrogens is 1. The number of amides is 1. The van der Waals surface area contributed by atoms with Gasteiger partial charge >= 0.3 is 0 Å². The van der Waals surface area contributed by atoms with Gasteiger partial charge in [-0.3, -0.25) is 4.79 Å². The van der Waals surface area contributed by atoms with Crippen LogP contribution in [0.2, 0.25) is 0 Å². The zero-order valence-electron chi connectivity index (χ0n) is 11.7. The van der Waals surface area contributed by atoms with Crippen molar-refractivity contribution in [2.75, 3.05) is 13.2 Å². The van der Waals surface area contributed by atoms with Crippen molar-refractivity contribution in [3.8, 4) is 11.3 Å². The number of rotatable bonds is 5. The molecule has 3 rings (SSSR count). The molecule has 0 aliphatic carbocycles. The highest BCUT2D eigenvalue weighted by atomic mass is 32.1. The Labute approximate surface area is 128 Å². The summed E-state index contributed by atoms with van der Waals surface area (Å²) in [6.07, 6.45) is 1.54. The Hall–Kier alpha value is -1.72. The van der Waals surface area contributed by atoms with Gasteiger partial charge in [-0.15, -0.1) is 11.3 Å². The summed E-state index contributed by atoms with van der Waals surface area (Å²) < 4.78 is 5.28. The number of hydrogen-bond donors (Lipinski definition) is 1. The van der Waals surface area contributed by atoms with E-state index >= 15 is 0 Å². The van der Waals surface area contributed by atoms with Gasteiger partial charge in [0.25, 0.3) is 0 Å². The van der Waals surface area contributed by atoms with Crippen LogP contribution in [0.1, 0.15) is 17.8 Å². The second kappa shape index (κ2) is 6.83. The number of thiazole rings is 1.